The highest BCUT2D eigenvalue weighted by atomic mass is 16.4. The lowest BCUT2D eigenvalue weighted by atomic mass is 9.93. The van der Waals surface area contributed by atoms with Crippen LogP contribution in [-0.2, 0) is 11.3 Å². The Bertz CT molecular complexity index is 326. The molecular formula is C10H14N2O2. The number of carbonyl (C=O) groups is 1. The third-order valence-corrected chi connectivity index (χ3v) is 1.83. The number of aromatic nitrogens is 2. The van der Waals surface area contributed by atoms with Gasteiger partial charge >= 0.3 is 5.97 Å². The molecule has 0 amide bonds. The zero-order valence-corrected chi connectivity index (χ0v) is 8.34. The molecule has 4 nitrogen and oxygen atoms in total. The Hall–Kier alpha value is -1.58. The minimum Gasteiger partial charge on any atom is -0.478 e. The third-order valence-electron chi connectivity index (χ3n) is 1.83. The monoisotopic (exact) mass is 194 g/mol. The SMILES string of the molecule is CC(C)(C=CC(=O)O)Cn1ccnc1. The van der Waals surface area contributed by atoms with E-state index < -0.39 is 5.97 Å². The smallest absolute Gasteiger partial charge is 0.327 e. The Morgan fingerprint density at radius 1 is 1.64 bits per heavy atom. The number of hydrogen-bond acceptors (Lipinski definition) is 2. The van der Waals surface area contributed by atoms with Gasteiger partial charge in [0.15, 0.2) is 0 Å². The number of nitrogens with zero attached hydrogens (tertiary/aromatic N) is 2. The van der Waals surface area contributed by atoms with Gasteiger partial charge in [-0.15, -0.1) is 0 Å². The van der Waals surface area contributed by atoms with Crippen LogP contribution in [0.3, 0.4) is 0 Å². The van der Waals surface area contributed by atoms with Crippen molar-refractivity contribution in [2.45, 2.75) is 20.4 Å². The molecule has 14 heavy (non-hydrogen) atoms. The van der Waals surface area contributed by atoms with Crippen LogP contribution < -0.4 is 0 Å². The summed E-state index contributed by atoms with van der Waals surface area (Å²) in [6.45, 7) is 4.68. The summed E-state index contributed by atoms with van der Waals surface area (Å²) >= 11 is 0. The molecule has 0 aliphatic carbocycles. The van der Waals surface area contributed by atoms with Crippen molar-refractivity contribution < 1.29 is 9.90 Å². The largest absolute Gasteiger partial charge is 0.478 e. The molecule has 0 unspecified atom stereocenters. The maximum Gasteiger partial charge on any atom is 0.327 e. The molecule has 1 N–H and O–H groups in total. The van der Waals surface area contributed by atoms with Crippen LogP contribution >= 0.6 is 0 Å². The first-order valence-electron chi connectivity index (χ1n) is 4.37. The van der Waals surface area contributed by atoms with Crippen molar-refractivity contribution in [3.8, 4) is 0 Å². The number of carboxylic acids is 1. The predicted molar refractivity (Wildman–Crippen MR) is 52.8 cm³/mol. The fourth-order valence-electron chi connectivity index (χ4n) is 1.20. The molecule has 0 fully saturated rings. The Morgan fingerprint density at radius 3 is 2.86 bits per heavy atom. The first kappa shape index (κ1) is 10.5. The average Bonchev–Trinajstić information content (AvgIpc) is 2.53. The van der Waals surface area contributed by atoms with Crippen LogP contribution in [0.1, 0.15) is 13.8 Å². The molecule has 0 spiro atoms. The Labute approximate surface area is 82.9 Å². The summed E-state index contributed by atoms with van der Waals surface area (Å²) in [4.78, 5) is 14.3. The third kappa shape index (κ3) is 3.43. The van der Waals surface area contributed by atoms with Gasteiger partial charge in [-0.2, -0.15) is 0 Å². The van der Waals surface area contributed by atoms with Gasteiger partial charge in [-0.25, -0.2) is 9.78 Å². The molecule has 0 radical (unpaired) electrons. The summed E-state index contributed by atoms with van der Waals surface area (Å²) in [5.74, 6) is -0.913. The number of imidazole rings is 1. The predicted octanol–water partition coefficient (Wildman–Crippen LogP) is 1.55. The van der Waals surface area contributed by atoms with Crippen LogP contribution in [0.2, 0.25) is 0 Å². The van der Waals surface area contributed by atoms with E-state index in [0.29, 0.717) is 0 Å². The van der Waals surface area contributed by atoms with Crippen molar-refractivity contribution in [3.63, 3.8) is 0 Å². The van der Waals surface area contributed by atoms with E-state index in [1.807, 2.05) is 24.6 Å². The summed E-state index contributed by atoms with van der Waals surface area (Å²) in [6, 6.07) is 0. The summed E-state index contributed by atoms with van der Waals surface area (Å²) < 4.78 is 1.92. The zero-order chi connectivity index (χ0) is 10.6. The Kier molecular flexibility index (Phi) is 3.06. The number of aliphatic carboxylic acids is 1. The van der Waals surface area contributed by atoms with Crippen molar-refractivity contribution in [1.82, 2.24) is 9.55 Å². The van der Waals surface area contributed by atoms with E-state index in [2.05, 4.69) is 4.98 Å². The van der Waals surface area contributed by atoms with Gasteiger partial charge in [-0.3, -0.25) is 0 Å². The molecule has 0 bridgehead atoms. The molecule has 1 aromatic rings. The summed E-state index contributed by atoms with van der Waals surface area (Å²) in [6.07, 6.45) is 8.15. The van der Waals surface area contributed by atoms with Crippen LogP contribution in [0.4, 0.5) is 0 Å². The van der Waals surface area contributed by atoms with Crippen molar-refractivity contribution in [1.29, 1.82) is 0 Å². The quantitative estimate of drug-likeness (QED) is 0.740. The number of carboxylic acid groups (broad SMARTS) is 1. The van der Waals surface area contributed by atoms with Gasteiger partial charge in [0.25, 0.3) is 0 Å². The van der Waals surface area contributed by atoms with Gasteiger partial charge in [0, 0.05) is 30.4 Å². The zero-order valence-electron chi connectivity index (χ0n) is 8.34. The highest BCUT2D eigenvalue weighted by molar-refractivity contribution is 5.79. The standard InChI is InChI=1S/C10H14N2O2/c1-10(2,4-3-9(13)14)7-12-6-5-11-8-12/h3-6,8H,7H2,1-2H3,(H,13,14). The number of rotatable bonds is 4. The lowest BCUT2D eigenvalue weighted by molar-refractivity contribution is -0.131. The maximum atomic E-state index is 10.3. The van der Waals surface area contributed by atoms with Crippen LogP contribution in [0.15, 0.2) is 30.9 Å². The van der Waals surface area contributed by atoms with E-state index >= 15 is 0 Å². The molecule has 0 aliphatic rings. The van der Waals surface area contributed by atoms with Crippen LogP contribution in [0, 0.1) is 5.41 Å². The maximum absolute atomic E-state index is 10.3. The van der Waals surface area contributed by atoms with E-state index in [4.69, 9.17) is 5.11 Å². The lowest BCUT2D eigenvalue weighted by Gasteiger charge is -2.20. The van der Waals surface area contributed by atoms with Gasteiger partial charge in [0.1, 0.15) is 0 Å². The van der Waals surface area contributed by atoms with Crippen LogP contribution in [-0.4, -0.2) is 20.6 Å². The molecule has 0 saturated heterocycles. The summed E-state index contributed by atoms with van der Waals surface area (Å²) in [7, 11) is 0. The Morgan fingerprint density at radius 2 is 2.36 bits per heavy atom. The van der Waals surface area contributed by atoms with Gasteiger partial charge in [0.2, 0.25) is 0 Å². The lowest BCUT2D eigenvalue weighted by Crippen LogP contribution is -2.16. The second-order valence-electron chi connectivity index (χ2n) is 3.90. The first-order valence-corrected chi connectivity index (χ1v) is 4.37. The number of allylic oxidation sites excluding steroid dienone is 1. The molecule has 0 atom stereocenters. The summed E-state index contributed by atoms with van der Waals surface area (Å²) in [5, 5.41) is 8.50. The minimum absolute atomic E-state index is 0.181. The Balaban J connectivity index is 2.62. The minimum atomic E-state index is -0.913. The highest BCUT2D eigenvalue weighted by Crippen LogP contribution is 2.19. The van der Waals surface area contributed by atoms with E-state index in [1.165, 1.54) is 6.08 Å². The molecule has 1 heterocycles. The number of hydrogen-bond donors (Lipinski definition) is 1. The van der Waals surface area contributed by atoms with E-state index in [1.54, 1.807) is 18.6 Å². The topological polar surface area (TPSA) is 55.1 Å². The molecule has 1 rings (SSSR count). The molecule has 0 saturated carbocycles. The fraction of sp³-hybridized carbons (Fsp3) is 0.400. The molecule has 0 aromatic carbocycles. The van der Waals surface area contributed by atoms with Crippen molar-refractivity contribution in [3.05, 3.63) is 30.9 Å². The summed E-state index contributed by atoms with van der Waals surface area (Å²) in [5.41, 5.74) is -0.181. The van der Waals surface area contributed by atoms with E-state index in [0.717, 1.165) is 6.54 Å². The molecular weight excluding hydrogens is 180 g/mol. The second-order valence-corrected chi connectivity index (χ2v) is 3.90. The normalized spacial score (nSPS) is 12.1. The van der Waals surface area contributed by atoms with Gasteiger partial charge in [0.05, 0.1) is 6.33 Å². The van der Waals surface area contributed by atoms with Gasteiger partial charge < -0.3 is 9.67 Å². The highest BCUT2D eigenvalue weighted by Gasteiger charge is 2.14. The van der Waals surface area contributed by atoms with Crippen LogP contribution in [0.5, 0.6) is 0 Å². The van der Waals surface area contributed by atoms with Crippen molar-refractivity contribution >= 4 is 5.97 Å². The average molecular weight is 194 g/mol. The van der Waals surface area contributed by atoms with Crippen molar-refractivity contribution in [2.24, 2.45) is 5.41 Å². The molecule has 76 valence electrons. The van der Waals surface area contributed by atoms with E-state index in [9.17, 15) is 4.79 Å². The van der Waals surface area contributed by atoms with Gasteiger partial charge in [-0.05, 0) is 0 Å². The second kappa shape index (κ2) is 4.09. The molecule has 1 aromatic heterocycles. The van der Waals surface area contributed by atoms with Crippen LogP contribution in [0.25, 0.3) is 0 Å². The molecule has 4 heteroatoms. The molecule has 0 aliphatic heterocycles. The first-order chi connectivity index (χ1) is 6.49. The van der Waals surface area contributed by atoms with E-state index in [-0.39, 0.29) is 5.41 Å². The van der Waals surface area contributed by atoms with Gasteiger partial charge in [-0.1, -0.05) is 19.9 Å². The van der Waals surface area contributed by atoms with Crippen molar-refractivity contribution in [2.75, 3.05) is 0 Å². The fourth-order valence-corrected chi connectivity index (χ4v) is 1.20.